The van der Waals surface area contributed by atoms with E-state index in [0.717, 1.165) is 43.0 Å². The molecule has 0 spiro atoms. The first kappa shape index (κ1) is 17.7. The van der Waals surface area contributed by atoms with Gasteiger partial charge in [0, 0.05) is 7.05 Å². The van der Waals surface area contributed by atoms with Gasteiger partial charge >= 0.3 is 0 Å². The van der Waals surface area contributed by atoms with Crippen LogP contribution in [0.25, 0.3) is 0 Å². The van der Waals surface area contributed by atoms with Crippen LogP contribution < -0.4 is 5.32 Å². The monoisotopic (exact) mass is 340 g/mol. The second kappa shape index (κ2) is 7.83. The average Bonchev–Trinajstić information content (AvgIpc) is 2.79. The second-order valence-electron chi connectivity index (χ2n) is 7.03. The maximum absolute atomic E-state index is 12.5. The molecule has 3 rings (SSSR count). The van der Waals surface area contributed by atoms with Crippen molar-refractivity contribution in [2.45, 2.75) is 39.0 Å². The van der Waals surface area contributed by atoms with Gasteiger partial charge in [0.2, 0.25) is 5.91 Å². The number of benzene rings is 1. The molecule has 5 heteroatoms. The highest BCUT2D eigenvalue weighted by atomic mass is 16.2. The zero-order valence-electron chi connectivity index (χ0n) is 15.5. The number of amides is 1. The van der Waals surface area contributed by atoms with Crippen LogP contribution in [-0.2, 0) is 11.8 Å². The molecule has 134 valence electrons. The third-order valence-electron chi connectivity index (χ3n) is 5.23. The largest absolute Gasteiger partial charge is 0.322 e. The molecule has 1 aromatic heterocycles. The van der Waals surface area contributed by atoms with Crippen LogP contribution in [0, 0.1) is 13.8 Å². The number of hydrogen-bond donors (Lipinski definition) is 1. The topological polar surface area (TPSA) is 50.2 Å². The molecular formula is C20H28N4O. The lowest BCUT2D eigenvalue weighted by molar-refractivity contribution is -0.117. The summed E-state index contributed by atoms with van der Waals surface area (Å²) in [7, 11) is 1.90. The SMILES string of the molecule is Cc1nn(C)c(C)c1NC(=O)CN1CCC[C@@H](c2ccccc2)CC1. The molecule has 1 atom stereocenters. The molecule has 0 radical (unpaired) electrons. The Balaban J connectivity index is 1.55. The Morgan fingerprint density at radius 2 is 1.96 bits per heavy atom. The predicted octanol–water partition coefficient (Wildman–Crippen LogP) is 3.25. The summed E-state index contributed by atoms with van der Waals surface area (Å²) in [4.78, 5) is 14.7. The van der Waals surface area contributed by atoms with Crippen molar-refractivity contribution in [3.63, 3.8) is 0 Å². The van der Waals surface area contributed by atoms with E-state index < -0.39 is 0 Å². The number of rotatable bonds is 4. The number of carbonyl (C=O) groups is 1. The van der Waals surface area contributed by atoms with E-state index in [1.165, 1.54) is 12.0 Å². The molecule has 0 saturated carbocycles. The molecule has 1 aliphatic rings. The lowest BCUT2D eigenvalue weighted by Gasteiger charge is -2.19. The van der Waals surface area contributed by atoms with Crippen LogP contribution in [0.5, 0.6) is 0 Å². The van der Waals surface area contributed by atoms with E-state index in [1.807, 2.05) is 20.9 Å². The van der Waals surface area contributed by atoms with Crippen molar-refractivity contribution < 1.29 is 4.79 Å². The smallest absolute Gasteiger partial charge is 0.238 e. The molecule has 1 amide bonds. The average molecular weight is 340 g/mol. The van der Waals surface area contributed by atoms with E-state index in [0.29, 0.717) is 12.5 Å². The van der Waals surface area contributed by atoms with E-state index in [4.69, 9.17) is 0 Å². The molecule has 0 unspecified atom stereocenters. The fourth-order valence-electron chi connectivity index (χ4n) is 3.71. The standard InChI is InChI=1S/C20H28N4O/c1-15-20(16(2)23(3)22-15)21-19(25)14-24-12-7-10-18(11-13-24)17-8-5-4-6-9-17/h4-6,8-9,18H,7,10-14H2,1-3H3,(H,21,25)/t18-/m1/s1. The van der Waals surface area contributed by atoms with E-state index in [-0.39, 0.29) is 5.91 Å². The summed E-state index contributed by atoms with van der Waals surface area (Å²) >= 11 is 0. The van der Waals surface area contributed by atoms with Gasteiger partial charge in [-0.05, 0) is 57.7 Å². The van der Waals surface area contributed by atoms with Crippen LogP contribution in [0.2, 0.25) is 0 Å². The van der Waals surface area contributed by atoms with Crippen molar-refractivity contribution >= 4 is 11.6 Å². The first-order valence-electron chi connectivity index (χ1n) is 9.12. The minimum Gasteiger partial charge on any atom is -0.322 e. The van der Waals surface area contributed by atoms with Gasteiger partial charge in [0.25, 0.3) is 0 Å². The number of hydrogen-bond acceptors (Lipinski definition) is 3. The molecule has 2 aromatic rings. The maximum atomic E-state index is 12.5. The fourth-order valence-corrected chi connectivity index (χ4v) is 3.71. The van der Waals surface area contributed by atoms with Crippen molar-refractivity contribution in [3.05, 3.63) is 47.3 Å². The van der Waals surface area contributed by atoms with E-state index >= 15 is 0 Å². The van der Waals surface area contributed by atoms with E-state index in [2.05, 4.69) is 45.6 Å². The van der Waals surface area contributed by atoms with Crippen molar-refractivity contribution in [2.75, 3.05) is 25.0 Å². The van der Waals surface area contributed by atoms with Gasteiger partial charge in [0.05, 0.1) is 23.6 Å². The molecule has 1 aromatic carbocycles. The first-order chi connectivity index (χ1) is 12.0. The molecule has 5 nitrogen and oxygen atoms in total. The van der Waals surface area contributed by atoms with Crippen molar-refractivity contribution in [1.29, 1.82) is 0 Å². The molecular weight excluding hydrogens is 312 g/mol. The molecule has 2 heterocycles. The van der Waals surface area contributed by atoms with Gasteiger partial charge in [-0.25, -0.2) is 0 Å². The second-order valence-corrected chi connectivity index (χ2v) is 7.03. The van der Waals surface area contributed by atoms with Crippen molar-refractivity contribution in [2.24, 2.45) is 7.05 Å². The molecule has 25 heavy (non-hydrogen) atoms. The third kappa shape index (κ3) is 4.28. The summed E-state index contributed by atoms with van der Waals surface area (Å²) in [5, 5.41) is 7.40. The Labute approximate surface area is 150 Å². The Morgan fingerprint density at radius 1 is 1.20 bits per heavy atom. The fraction of sp³-hybridized carbons (Fsp3) is 0.500. The summed E-state index contributed by atoms with van der Waals surface area (Å²) in [6.45, 7) is 6.32. The Bertz CT molecular complexity index is 723. The zero-order chi connectivity index (χ0) is 17.8. The Morgan fingerprint density at radius 3 is 2.64 bits per heavy atom. The van der Waals surface area contributed by atoms with Gasteiger partial charge in [-0.1, -0.05) is 30.3 Å². The Kier molecular flexibility index (Phi) is 5.53. The lowest BCUT2D eigenvalue weighted by Crippen LogP contribution is -2.34. The van der Waals surface area contributed by atoms with Crippen LogP contribution in [0.3, 0.4) is 0 Å². The lowest BCUT2D eigenvalue weighted by atomic mass is 9.92. The highest BCUT2D eigenvalue weighted by Crippen LogP contribution is 2.27. The number of carbonyl (C=O) groups excluding carboxylic acids is 1. The minimum absolute atomic E-state index is 0.0531. The summed E-state index contributed by atoms with van der Waals surface area (Å²) in [6.07, 6.45) is 3.45. The van der Waals surface area contributed by atoms with Crippen LogP contribution in [0.15, 0.2) is 30.3 Å². The molecule has 1 fully saturated rings. The third-order valence-corrected chi connectivity index (χ3v) is 5.23. The minimum atomic E-state index is 0.0531. The molecule has 1 saturated heterocycles. The van der Waals surface area contributed by atoms with Gasteiger partial charge in [0.15, 0.2) is 0 Å². The highest BCUT2D eigenvalue weighted by molar-refractivity contribution is 5.93. The van der Waals surface area contributed by atoms with Crippen LogP contribution in [-0.4, -0.2) is 40.2 Å². The van der Waals surface area contributed by atoms with E-state index in [1.54, 1.807) is 4.68 Å². The summed E-state index contributed by atoms with van der Waals surface area (Å²) in [5.41, 5.74) is 4.14. The van der Waals surface area contributed by atoms with E-state index in [9.17, 15) is 4.79 Å². The van der Waals surface area contributed by atoms with Crippen molar-refractivity contribution in [1.82, 2.24) is 14.7 Å². The van der Waals surface area contributed by atoms with Crippen LogP contribution >= 0.6 is 0 Å². The molecule has 1 N–H and O–H groups in total. The normalized spacial score (nSPS) is 18.8. The quantitative estimate of drug-likeness (QED) is 0.929. The molecule has 1 aliphatic heterocycles. The van der Waals surface area contributed by atoms with Crippen LogP contribution in [0.4, 0.5) is 5.69 Å². The van der Waals surface area contributed by atoms with Gasteiger partial charge in [-0.3, -0.25) is 14.4 Å². The maximum Gasteiger partial charge on any atom is 0.238 e. The molecule has 0 aliphatic carbocycles. The number of likely N-dealkylation sites (tertiary alicyclic amines) is 1. The number of anilines is 1. The van der Waals surface area contributed by atoms with Gasteiger partial charge in [0.1, 0.15) is 0 Å². The zero-order valence-corrected chi connectivity index (χ0v) is 15.5. The predicted molar refractivity (Wildman–Crippen MR) is 101 cm³/mol. The number of aryl methyl sites for hydroxylation is 2. The summed E-state index contributed by atoms with van der Waals surface area (Å²) in [6, 6.07) is 10.7. The summed E-state index contributed by atoms with van der Waals surface area (Å²) in [5.74, 6) is 0.662. The first-order valence-corrected chi connectivity index (χ1v) is 9.12. The number of nitrogens with zero attached hydrogens (tertiary/aromatic N) is 3. The summed E-state index contributed by atoms with van der Waals surface area (Å²) < 4.78 is 1.81. The number of nitrogens with one attached hydrogen (secondary N) is 1. The van der Waals surface area contributed by atoms with Gasteiger partial charge in [-0.15, -0.1) is 0 Å². The van der Waals surface area contributed by atoms with Crippen molar-refractivity contribution in [3.8, 4) is 0 Å². The number of aromatic nitrogens is 2. The highest BCUT2D eigenvalue weighted by Gasteiger charge is 2.20. The van der Waals surface area contributed by atoms with Crippen LogP contribution in [0.1, 0.15) is 42.1 Å². The van der Waals surface area contributed by atoms with Gasteiger partial charge < -0.3 is 5.32 Å². The van der Waals surface area contributed by atoms with Gasteiger partial charge in [-0.2, -0.15) is 5.10 Å². The molecule has 0 bridgehead atoms. The Hall–Kier alpha value is -2.14.